The van der Waals surface area contributed by atoms with E-state index in [1.807, 2.05) is 24.3 Å². The average molecular weight is 261 g/mol. The number of nitrogens with zero attached hydrogens (tertiary/aromatic N) is 2. The molecule has 0 aliphatic heterocycles. The quantitative estimate of drug-likeness (QED) is 0.546. The Morgan fingerprint density at radius 3 is 2.84 bits per heavy atom. The maximum absolute atomic E-state index is 5.97. The van der Waals surface area contributed by atoms with Gasteiger partial charge in [0.15, 0.2) is 0 Å². The summed E-state index contributed by atoms with van der Waals surface area (Å²) in [5.74, 6) is 7.07. The predicted molar refractivity (Wildman–Crippen MR) is 74.4 cm³/mol. The molecule has 2 aromatic rings. The van der Waals surface area contributed by atoms with Crippen LogP contribution in [-0.2, 0) is 13.5 Å². The zero-order chi connectivity index (χ0) is 13.8. The Morgan fingerprint density at radius 1 is 1.47 bits per heavy atom. The van der Waals surface area contributed by atoms with Gasteiger partial charge in [-0.15, -0.1) is 0 Å². The Bertz CT molecular complexity index is 552. The monoisotopic (exact) mass is 261 g/mol. The number of nitrogens with one attached hydrogen (secondary N) is 1. The van der Waals surface area contributed by atoms with Crippen molar-refractivity contribution >= 4 is 5.82 Å². The van der Waals surface area contributed by atoms with Crippen LogP contribution in [0.25, 0.3) is 0 Å². The first-order chi connectivity index (χ1) is 9.15. The molecule has 0 radical (unpaired) electrons. The molecule has 0 aliphatic carbocycles. The molecule has 0 saturated carbocycles. The van der Waals surface area contributed by atoms with Crippen LogP contribution < -0.4 is 21.7 Å². The molecule has 0 spiro atoms. The van der Waals surface area contributed by atoms with Crippen LogP contribution >= 0.6 is 0 Å². The lowest BCUT2D eigenvalue weighted by Crippen LogP contribution is -2.30. The van der Waals surface area contributed by atoms with Gasteiger partial charge in [-0.05, 0) is 24.1 Å². The number of anilines is 1. The van der Waals surface area contributed by atoms with E-state index in [9.17, 15) is 0 Å². The van der Waals surface area contributed by atoms with E-state index in [0.29, 0.717) is 12.2 Å². The van der Waals surface area contributed by atoms with E-state index >= 15 is 0 Å². The fraction of sp³-hybridized carbons (Fsp3) is 0.308. The van der Waals surface area contributed by atoms with Crippen molar-refractivity contribution in [2.45, 2.75) is 12.5 Å². The Morgan fingerprint density at radius 2 is 2.26 bits per heavy atom. The molecule has 0 fully saturated rings. The van der Waals surface area contributed by atoms with E-state index < -0.39 is 0 Å². The van der Waals surface area contributed by atoms with Gasteiger partial charge in [0.1, 0.15) is 11.6 Å². The third-order valence-electron chi connectivity index (χ3n) is 3.17. The summed E-state index contributed by atoms with van der Waals surface area (Å²) < 4.78 is 6.84. The molecule has 0 saturated heterocycles. The van der Waals surface area contributed by atoms with Crippen molar-refractivity contribution in [2.24, 2.45) is 12.9 Å². The van der Waals surface area contributed by atoms with Crippen LogP contribution in [-0.4, -0.2) is 16.9 Å². The van der Waals surface area contributed by atoms with Crippen molar-refractivity contribution in [3.63, 3.8) is 0 Å². The summed E-state index contributed by atoms with van der Waals surface area (Å²) in [6.45, 7) is 0. The Kier molecular flexibility index (Phi) is 4.03. The molecule has 1 heterocycles. The number of benzene rings is 1. The largest absolute Gasteiger partial charge is 0.497 e. The number of hydrogen-bond donors (Lipinski definition) is 3. The minimum atomic E-state index is -0.0826. The standard InChI is InChI=1S/C13H19N5O/c1-18-13(14)11(8-16-18)12(17-15)7-9-4-3-5-10(6-9)19-2/h3-6,8,12,17H,7,14-15H2,1-2H3. The summed E-state index contributed by atoms with van der Waals surface area (Å²) >= 11 is 0. The molecule has 6 nitrogen and oxygen atoms in total. The van der Waals surface area contributed by atoms with Gasteiger partial charge in [-0.25, -0.2) is 0 Å². The maximum Gasteiger partial charge on any atom is 0.126 e. The van der Waals surface area contributed by atoms with Gasteiger partial charge < -0.3 is 10.5 Å². The number of rotatable bonds is 5. The number of ether oxygens (including phenoxy) is 1. The minimum Gasteiger partial charge on any atom is -0.497 e. The van der Waals surface area contributed by atoms with Crippen molar-refractivity contribution in [2.75, 3.05) is 12.8 Å². The summed E-state index contributed by atoms with van der Waals surface area (Å²) in [6.07, 6.45) is 2.45. The van der Waals surface area contributed by atoms with E-state index in [1.165, 1.54) is 0 Å². The summed E-state index contributed by atoms with van der Waals surface area (Å²) in [7, 11) is 3.45. The van der Waals surface area contributed by atoms with Gasteiger partial charge in [-0.1, -0.05) is 12.1 Å². The number of hydrogen-bond acceptors (Lipinski definition) is 5. The van der Waals surface area contributed by atoms with Gasteiger partial charge in [0, 0.05) is 12.6 Å². The smallest absolute Gasteiger partial charge is 0.126 e. The number of hydrazine groups is 1. The number of aryl methyl sites for hydroxylation is 1. The molecule has 19 heavy (non-hydrogen) atoms. The fourth-order valence-corrected chi connectivity index (χ4v) is 2.03. The van der Waals surface area contributed by atoms with Crippen LogP contribution in [0.5, 0.6) is 5.75 Å². The Hall–Kier alpha value is -2.05. The van der Waals surface area contributed by atoms with Gasteiger partial charge in [0.2, 0.25) is 0 Å². The van der Waals surface area contributed by atoms with Crippen LogP contribution in [0.4, 0.5) is 5.82 Å². The lowest BCUT2D eigenvalue weighted by molar-refractivity contribution is 0.414. The molecular weight excluding hydrogens is 242 g/mol. The fourth-order valence-electron chi connectivity index (χ4n) is 2.03. The van der Waals surface area contributed by atoms with Crippen molar-refractivity contribution < 1.29 is 4.74 Å². The lowest BCUT2D eigenvalue weighted by atomic mass is 10.0. The average Bonchev–Trinajstić information content (AvgIpc) is 2.77. The topological polar surface area (TPSA) is 91.1 Å². The van der Waals surface area contributed by atoms with Gasteiger partial charge in [-0.2, -0.15) is 5.10 Å². The van der Waals surface area contributed by atoms with Crippen LogP contribution in [0.3, 0.4) is 0 Å². The normalized spacial score (nSPS) is 12.4. The molecule has 102 valence electrons. The van der Waals surface area contributed by atoms with E-state index in [1.54, 1.807) is 25.0 Å². The second-order valence-corrected chi connectivity index (χ2v) is 4.38. The zero-order valence-corrected chi connectivity index (χ0v) is 11.1. The molecule has 1 aromatic carbocycles. The first-order valence-corrected chi connectivity index (χ1v) is 6.02. The highest BCUT2D eigenvalue weighted by molar-refractivity contribution is 5.42. The molecule has 0 amide bonds. The number of nitrogens with two attached hydrogens (primary N) is 2. The number of methoxy groups -OCH3 is 1. The maximum atomic E-state index is 5.97. The Labute approximate surface area is 112 Å². The van der Waals surface area contributed by atoms with E-state index in [2.05, 4.69) is 10.5 Å². The SMILES string of the molecule is COc1cccc(CC(NN)c2cnn(C)c2N)c1. The van der Waals surface area contributed by atoms with Crippen molar-refractivity contribution in [3.05, 3.63) is 41.6 Å². The van der Waals surface area contributed by atoms with Gasteiger partial charge in [0.05, 0.1) is 19.3 Å². The predicted octanol–water partition coefficient (Wildman–Crippen LogP) is 0.758. The van der Waals surface area contributed by atoms with E-state index in [4.69, 9.17) is 16.3 Å². The molecule has 1 aromatic heterocycles. The molecular formula is C13H19N5O. The summed E-state index contributed by atoms with van der Waals surface area (Å²) in [5.41, 5.74) is 10.8. The molecule has 1 atom stereocenters. The molecule has 0 bridgehead atoms. The van der Waals surface area contributed by atoms with Gasteiger partial charge in [-0.3, -0.25) is 16.0 Å². The second kappa shape index (κ2) is 5.73. The molecule has 0 aliphatic rings. The third kappa shape index (κ3) is 2.86. The number of aromatic nitrogens is 2. The van der Waals surface area contributed by atoms with Crippen molar-refractivity contribution in [1.82, 2.24) is 15.2 Å². The third-order valence-corrected chi connectivity index (χ3v) is 3.17. The summed E-state index contributed by atoms with van der Waals surface area (Å²) in [4.78, 5) is 0. The summed E-state index contributed by atoms with van der Waals surface area (Å²) in [6, 6.07) is 7.79. The van der Waals surface area contributed by atoms with Gasteiger partial charge in [0.25, 0.3) is 0 Å². The second-order valence-electron chi connectivity index (χ2n) is 4.38. The van der Waals surface area contributed by atoms with Crippen LogP contribution in [0.2, 0.25) is 0 Å². The van der Waals surface area contributed by atoms with Crippen molar-refractivity contribution in [1.29, 1.82) is 0 Å². The summed E-state index contributed by atoms with van der Waals surface area (Å²) in [5, 5.41) is 4.13. The Balaban J connectivity index is 2.21. The molecule has 2 rings (SSSR count). The molecule has 5 N–H and O–H groups in total. The van der Waals surface area contributed by atoms with Gasteiger partial charge >= 0.3 is 0 Å². The van der Waals surface area contributed by atoms with Crippen molar-refractivity contribution in [3.8, 4) is 5.75 Å². The zero-order valence-electron chi connectivity index (χ0n) is 11.1. The highest BCUT2D eigenvalue weighted by atomic mass is 16.5. The number of nitrogen functional groups attached to an aromatic ring is 1. The van der Waals surface area contributed by atoms with Crippen LogP contribution in [0.1, 0.15) is 17.2 Å². The lowest BCUT2D eigenvalue weighted by Gasteiger charge is -2.16. The van der Waals surface area contributed by atoms with Crippen LogP contribution in [0.15, 0.2) is 30.5 Å². The molecule has 1 unspecified atom stereocenters. The van der Waals surface area contributed by atoms with E-state index in [-0.39, 0.29) is 6.04 Å². The minimum absolute atomic E-state index is 0.0826. The molecule has 6 heteroatoms. The first-order valence-electron chi connectivity index (χ1n) is 6.02. The highest BCUT2D eigenvalue weighted by Crippen LogP contribution is 2.24. The highest BCUT2D eigenvalue weighted by Gasteiger charge is 2.16. The van der Waals surface area contributed by atoms with Crippen LogP contribution in [0, 0.1) is 0 Å². The van der Waals surface area contributed by atoms with E-state index in [0.717, 1.165) is 16.9 Å². The first kappa shape index (κ1) is 13.4.